The van der Waals surface area contributed by atoms with Gasteiger partial charge in [0.2, 0.25) is 0 Å². The molecule has 0 aliphatic heterocycles. The van der Waals surface area contributed by atoms with Gasteiger partial charge in [0.05, 0.1) is 11.9 Å². The fourth-order valence-electron chi connectivity index (χ4n) is 1.47. The second-order valence-corrected chi connectivity index (χ2v) is 5.89. The fraction of sp³-hybridized carbons (Fsp3) is 0.500. The van der Waals surface area contributed by atoms with E-state index in [0.717, 1.165) is 11.9 Å². The van der Waals surface area contributed by atoms with Crippen LogP contribution >= 0.6 is 0 Å². The van der Waals surface area contributed by atoms with Crippen LogP contribution in [0.5, 0.6) is 0 Å². The van der Waals surface area contributed by atoms with E-state index in [1.807, 2.05) is 0 Å². The predicted molar refractivity (Wildman–Crippen MR) is 58.6 cm³/mol. The zero-order chi connectivity index (χ0) is 10.9. The maximum Gasteiger partial charge on any atom is 0.192 e. The van der Waals surface area contributed by atoms with Crippen LogP contribution in [-0.2, 0) is 9.84 Å². The molecule has 0 radical (unpaired) electrons. The first-order valence-corrected chi connectivity index (χ1v) is 6.87. The smallest absolute Gasteiger partial charge is 0.192 e. The zero-order valence-electron chi connectivity index (χ0n) is 8.60. The van der Waals surface area contributed by atoms with Crippen molar-refractivity contribution in [1.82, 2.24) is 4.98 Å². The van der Waals surface area contributed by atoms with Crippen molar-refractivity contribution in [2.75, 3.05) is 11.6 Å². The molecule has 1 N–H and O–H groups in total. The average molecular weight is 226 g/mol. The van der Waals surface area contributed by atoms with Crippen molar-refractivity contribution in [1.29, 1.82) is 0 Å². The number of hydrogen-bond acceptors (Lipinski definition) is 4. The quantitative estimate of drug-likeness (QED) is 0.847. The van der Waals surface area contributed by atoms with Gasteiger partial charge in [0.15, 0.2) is 14.9 Å². The summed E-state index contributed by atoms with van der Waals surface area (Å²) in [6, 6.07) is 3.84. The monoisotopic (exact) mass is 226 g/mol. The molecule has 0 bridgehead atoms. The lowest BCUT2D eigenvalue weighted by atomic mass is 9.93. The van der Waals surface area contributed by atoms with E-state index in [9.17, 15) is 8.42 Å². The minimum atomic E-state index is -3.18. The van der Waals surface area contributed by atoms with E-state index in [-0.39, 0.29) is 5.03 Å². The van der Waals surface area contributed by atoms with Gasteiger partial charge in [-0.1, -0.05) is 0 Å². The van der Waals surface area contributed by atoms with Gasteiger partial charge in [-0.2, -0.15) is 0 Å². The molecular formula is C10H14N2O2S. The maximum absolute atomic E-state index is 11.2. The molecule has 0 amide bonds. The van der Waals surface area contributed by atoms with Crippen molar-refractivity contribution in [3.05, 3.63) is 18.3 Å². The molecule has 0 atom stereocenters. The number of hydrogen-bond donors (Lipinski definition) is 1. The van der Waals surface area contributed by atoms with Gasteiger partial charge in [-0.05, 0) is 31.4 Å². The van der Waals surface area contributed by atoms with E-state index >= 15 is 0 Å². The third kappa shape index (κ3) is 2.47. The summed E-state index contributed by atoms with van der Waals surface area (Å²) in [4.78, 5) is 3.91. The van der Waals surface area contributed by atoms with Crippen molar-refractivity contribution in [2.45, 2.75) is 30.3 Å². The number of nitrogens with one attached hydrogen (secondary N) is 1. The molecule has 1 aliphatic rings. The van der Waals surface area contributed by atoms with Gasteiger partial charge >= 0.3 is 0 Å². The lowest BCUT2D eigenvalue weighted by Gasteiger charge is -2.27. The Kier molecular flexibility index (Phi) is 2.65. The van der Waals surface area contributed by atoms with Crippen molar-refractivity contribution in [3.63, 3.8) is 0 Å². The molecule has 5 heteroatoms. The number of rotatable bonds is 3. The molecule has 1 saturated carbocycles. The van der Waals surface area contributed by atoms with Crippen LogP contribution < -0.4 is 5.32 Å². The highest BCUT2D eigenvalue weighted by molar-refractivity contribution is 7.90. The Hall–Kier alpha value is -1.10. The summed E-state index contributed by atoms with van der Waals surface area (Å²) in [5.74, 6) is 0. The average Bonchev–Trinajstić information content (AvgIpc) is 2.11. The molecule has 1 aliphatic carbocycles. The highest BCUT2D eigenvalue weighted by atomic mass is 32.2. The summed E-state index contributed by atoms with van der Waals surface area (Å²) in [6.45, 7) is 0. The number of aromatic nitrogens is 1. The van der Waals surface area contributed by atoms with Crippen LogP contribution in [0.15, 0.2) is 23.4 Å². The van der Waals surface area contributed by atoms with Crippen molar-refractivity contribution in [3.8, 4) is 0 Å². The molecule has 0 saturated heterocycles. The van der Waals surface area contributed by atoms with Crippen LogP contribution in [0.3, 0.4) is 0 Å². The molecule has 0 aromatic carbocycles. The van der Waals surface area contributed by atoms with Crippen LogP contribution in [0.25, 0.3) is 0 Å². The third-order valence-electron chi connectivity index (χ3n) is 2.59. The normalized spacial score (nSPS) is 17.1. The molecule has 1 aromatic rings. The largest absolute Gasteiger partial charge is 0.381 e. The predicted octanol–water partition coefficient (Wildman–Crippen LogP) is 1.45. The molecule has 2 rings (SSSR count). The van der Waals surface area contributed by atoms with Gasteiger partial charge in [-0.15, -0.1) is 0 Å². The summed E-state index contributed by atoms with van der Waals surface area (Å²) < 4.78 is 22.3. The lowest BCUT2D eigenvalue weighted by Crippen LogP contribution is -2.26. The van der Waals surface area contributed by atoms with Crippen molar-refractivity contribution in [2.24, 2.45) is 0 Å². The van der Waals surface area contributed by atoms with Gasteiger partial charge < -0.3 is 5.32 Å². The minimum absolute atomic E-state index is 0.127. The number of sulfone groups is 1. The van der Waals surface area contributed by atoms with Gasteiger partial charge in [0.1, 0.15) is 0 Å². The second kappa shape index (κ2) is 3.81. The van der Waals surface area contributed by atoms with Crippen LogP contribution in [0, 0.1) is 0 Å². The Morgan fingerprint density at radius 3 is 2.53 bits per heavy atom. The molecule has 15 heavy (non-hydrogen) atoms. The Morgan fingerprint density at radius 2 is 2.13 bits per heavy atom. The van der Waals surface area contributed by atoms with E-state index in [0.29, 0.717) is 6.04 Å². The Bertz CT molecular complexity index is 435. The maximum atomic E-state index is 11.2. The van der Waals surface area contributed by atoms with Gasteiger partial charge in [-0.3, -0.25) is 0 Å². The first-order valence-electron chi connectivity index (χ1n) is 4.98. The third-order valence-corrected chi connectivity index (χ3v) is 3.59. The first kappa shape index (κ1) is 10.4. The molecule has 1 fully saturated rings. The number of nitrogens with zero attached hydrogens (tertiary/aromatic N) is 1. The molecule has 1 heterocycles. The highest BCUT2D eigenvalue weighted by Gasteiger charge is 2.17. The van der Waals surface area contributed by atoms with E-state index in [1.54, 1.807) is 12.3 Å². The van der Waals surface area contributed by atoms with Crippen molar-refractivity contribution < 1.29 is 8.42 Å². The first-order chi connectivity index (χ1) is 7.05. The Balaban J connectivity index is 2.09. The Labute approximate surface area is 89.6 Å². The molecule has 4 nitrogen and oxygen atoms in total. The molecular weight excluding hydrogens is 212 g/mol. The number of pyridine rings is 1. The summed E-state index contributed by atoms with van der Waals surface area (Å²) in [6.07, 6.45) is 6.39. The Morgan fingerprint density at radius 1 is 1.40 bits per heavy atom. The van der Waals surface area contributed by atoms with Gasteiger partial charge in [0, 0.05) is 12.3 Å². The SMILES string of the molecule is CS(=O)(=O)c1ccc(NC2CCC2)cn1. The van der Waals surface area contributed by atoms with Gasteiger partial charge in [-0.25, -0.2) is 13.4 Å². The van der Waals surface area contributed by atoms with E-state index in [1.165, 1.54) is 25.3 Å². The van der Waals surface area contributed by atoms with Gasteiger partial charge in [0.25, 0.3) is 0 Å². The van der Waals surface area contributed by atoms with E-state index < -0.39 is 9.84 Å². The second-order valence-electron chi connectivity index (χ2n) is 3.93. The van der Waals surface area contributed by atoms with E-state index in [4.69, 9.17) is 0 Å². The van der Waals surface area contributed by atoms with Crippen LogP contribution in [0.2, 0.25) is 0 Å². The van der Waals surface area contributed by atoms with Crippen LogP contribution in [0.1, 0.15) is 19.3 Å². The molecule has 0 spiro atoms. The van der Waals surface area contributed by atoms with E-state index in [2.05, 4.69) is 10.3 Å². The molecule has 0 unspecified atom stereocenters. The fourth-order valence-corrected chi connectivity index (χ4v) is 2.03. The summed E-state index contributed by atoms with van der Waals surface area (Å²) in [5.41, 5.74) is 0.895. The molecule has 1 aromatic heterocycles. The highest BCUT2D eigenvalue weighted by Crippen LogP contribution is 2.23. The van der Waals surface area contributed by atoms with Crippen LogP contribution in [0.4, 0.5) is 5.69 Å². The standard InChI is InChI=1S/C10H14N2O2S/c1-15(13,14)10-6-5-9(7-11-10)12-8-3-2-4-8/h5-8,12H,2-4H2,1H3. The zero-order valence-corrected chi connectivity index (χ0v) is 9.42. The summed E-state index contributed by atoms with van der Waals surface area (Å²) in [5, 5.41) is 3.43. The summed E-state index contributed by atoms with van der Waals surface area (Å²) >= 11 is 0. The van der Waals surface area contributed by atoms with Crippen molar-refractivity contribution >= 4 is 15.5 Å². The lowest BCUT2D eigenvalue weighted by molar-refractivity contribution is 0.445. The minimum Gasteiger partial charge on any atom is -0.381 e. The topological polar surface area (TPSA) is 59.1 Å². The summed E-state index contributed by atoms with van der Waals surface area (Å²) in [7, 11) is -3.18. The number of anilines is 1. The van der Waals surface area contributed by atoms with Crippen LogP contribution in [-0.4, -0.2) is 25.7 Å². The molecule has 82 valence electrons.